The Morgan fingerprint density at radius 2 is 1.90 bits per heavy atom. The van der Waals surface area contributed by atoms with E-state index in [9.17, 15) is 8.42 Å². The highest BCUT2D eigenvalue weighted by Gasteiger charge is 2.21. The predicted octanol–water partition coefficient (Wildman–Crippen LogP) is 0.671. The number of anilines is 1. The van der Waals surface area contributed by atoms with Gasteiger partial charge in [0.1, 0.15) is 4.90 Å². The Kier molecular flexibility index (Phi) is 5.49. The van der Waals surface area contributed by atoms with Crippen LogP contribution < -0.4 is 10.0 Å². The van der Waals surface area contributed by atoms with Crippen LogP contribution in [0.15, 0.2) is 17.3 Å². The molecule has 1 aromatic heterocycles. The van der Waals surface area contributed by atoms with Crippen LogP contribution in [0.1, 0.15) is 26.7 Å². The fourth-order valence-corrected chi connectivity index (χ4v) is 3.55. The number of nitrogens with one attached hydrogen (secondary N) is 2. The van der Waals surface area contributed by atoms with Gasteiger partial charge in [0.15, 0.2) is 0 Å². The SMILES string of the molecule is CCNc1ncc(S(=O)(=O)NC(C)CN2CCCC2)cn1. The number of likely N-dealkylation sites (tertiary alicyclic amines) is 1. The number of hydrogen-bond acceptors (Lipinski definition) is 6. The molecule has 2 N–H and O–H groups in total. The summed E-state index contributed by atoms with van der Waals surface area (Å²) in [5, 5.41) is 2.93. The molecule has 8 heteroatoms. The van der Waals surface area contributed by atoms with E-state index in [1.54, 1.807) is 0 Å². The molecule has 0 amide bonds. The van der Waals surface area contributed by atoms with Crippen molar-refractivity contribution in [2.45, 2.75) is 37.6 Å². The molecule has 1 aromatic rings. The normalized spacial score (nSPS) is 17.8. The molecule has 0 aromatic carbocycles. The molecule has 0 bridgehead atoms. The Morgan fingerprint density at radius 1 is 1.29 bits per heavy atom. The number of sulfonamides is 1. The second kappa shape index (κ2) is 7.15. The summed E-state index contributed by atoms with van der Waals surface area (Å²) in [5.74, 6) is 0.432. The average molecular weight is 313 g/mol. The quantitative estimate of drug-likeness (QED) is 0.769. The Balaban J connectivity index is 1.96. The van der Waals surface area contributed by atoms with E-state index >= 15 is 0 Å². The van der Waals surface area contributed by atoms with Gasteiger partial charge in [0, 0.05) is 19.1 Å². The summed E-state index contributed by atoms with van der Waals surface area (Å²) in [6.07, 6.45) is 5.05. The lowest BCUT2D eigenvalue weighted by molar-refractivity contribution is 0.312. The Labute approximate surface area is 126 Å². The minimum absolute atomic E-state index is 0.0948. The van der Waals surface area contributed by atoms with Crippen LogP contribution in [-0.4, -0.2) is 55.5 Å². The van der Waals surface area contributed by atoms with E-state index in [1.165, 1.54) is 25.2 Å². The van der Waals surface area contributed by atoms with Gasteiger partial charge >= 0.3 is 0 Å². The Morgan fingerprint density at radius 3 is 2.48 bits per heavy atom. The summed E-state index contributed by atoms with van der Waals surface area (Å²) >= 11 is 0. The summed E-state index contributed by atoms with van der Waals surface area (Å²) in [5.41, 5.74) is 0. The van der Waals surface area contributed by atoms with Crippen LogP contribution in [-0.2, 0) is 10.0 Å². The molecule has 0 saturated carbocycles. The summed E-state index contributed by atoms with van der Waals surface area (Å²) in [6, 6.07) is -0.137. The first-order valence-corrected chi connectivity index (χ1v) is 8.80. The second-order valence-corrected chi connectivity index (χ2v) is 7.02. The van der Waals surface area contributed by atoms with Gasteiger partial charge in [-0.05, 0) is 39.8 Å². The minimum Gasteiger partial charge on any atom is -0.355 e. The lowest BCUT2D eigenvalue weighted by atomic mass is 10.3. The first-order valence-electron chi connectivity index (χ1n) is 7.32. The van der Waals surface area contributed by atoms with E-state index in [2.05, 4.69) is 24.9 Å². The summed E-state index contributed by atoms with van der Waals surface area (Å²) in [4.78, 5) is 10.4. The fourth-order valence-electron chi connectivity index (χ4n) is 2.43. The van der Waals surface area contributed by atoms with Gasteiger partial charge in [0.25, 0.3) is 0 Å². The highest BCUT2D eigenvalue weighted by atomic mass is 32.2. The number of aromatic nitrogens is 2. The molecule has 1 aliphatic rings. The maximum absolute atomic E-state index is 12.3. The van der Waals surface area contributed by atoms with E-state index in [4.69, 9.17) is 0 Å². The van der Waals surface area contributed by atoms with Crippen LogP contribution in [0.2, 0.25) is 0 Å². The highest BCUT2D eigenvalue weighted by Crippen LogP contribution is 2.11. The zero-order valence-electron chi connectivity index (χ0n) is 12.5. The third kappa shape index (κ3) is 4.62. The highest BCUT2D eigenvalue weighted by molar-refractivity contribution is 7.89. The van der Waals surface area contributed by atoms with Crippen LogP contribution in [0.25, 0.3) is 0 Å². The van der Waals surface area contributed by atoms with Crippen LogP contribution >= 0.6 is 0 Å². The van der Waals surface area contributed by atoms with Gasteiger partial charge in [-0.25, -0.2) is 23.1 Å². The monoisotopic (exact) mass is 313 g/mol. The minimum atomic E-state index is -3.56. The zero-order chi connectivity index (χ0) is 15.3. The van der Waals surface area contributed by atoms with E-state index in [0.717, 1.165) is 19.6 Å². The summed E-state index contributed by atoms with van der Waals surface area (Å²) in [7, 11) is -3.56. The van der Waals surface area contributed by atoms with Crippen molar-refractivity contribution < 1.29 is 8.42 Å². The fraction of sp³-hybridized carbons (Fsp3) is 0.692. The van der Waals surface area contributed by atoms with Gasteiger partial charge in [-0.15, -0.1) is 0 Å². The van der Waals surface area contributed by atoms with Gasteiger partial charge in [-0.3, -0.25) is 0 Å². The van der Waals surface area contributed by atoms with Gasteiger partial charge in [0.05, 0.1) is 12.4 Å². The maximum Gasteiger partial charge on any atom is 0.243 e. The van der Waals surface area contributed by atoms with Crippen LogP contribution in [0, 0.1) is 0 Å². The lowest BCUT2D eigenvalue weighted by Gasteiger charge is -2.21. The molecular formula is C13H23N5O2S. The molecule has 21 heavy (non-hydrogen) atoms. The molecule has 1 aliphatic heterocycles. The van der Waals surface area contributed by atoms with Crippen molar-refractivity contribution in [3.05, 3.63) is 12.4 Å². The first kappa shape index (κ1) is 16.1. The van der Waals surface area contributed by atoms with Gasteiger partial charge in [0.2, 0.25) is 16.0 Å². The molecule has 118 valence electrons. The Bertz CT molecular complexity index is 540. The lowest BCUT2D eigenvalue weighted by Crippen LogP contribution is -2.41. The van der Waals surface area contributed by atoms with Gasteiger partial charge in [-0.2, -0.15) is 0 Å². The second-order valence-electron chi connectivity index (χ2n) is 5.30. The van der Waals surface area contributed by atoms with Gasteiger partial charge < -0.3 is 10.2 Å². The van der Waals surface area contributed by atoms with Crippen LogP contribution in [0.3, 0.4) is 0 Å². The van der Waals surface area contributed by atoms with Crippen molar-refractivity contribution in [1.82, 2.24) is 19.6 Å². The molecule has 1 fully saturated rings. The van der Waals surface area contributed by atoms with Crippen molar-refractivity contribution >= 4 is 16.0 Å². The van der Waals surface area contributed by atoms with Crippen molar-refractivity contribution in [2.24, 2.45) is 0 Å². The molecular weight excluding hydrogens is 290 g/mol. The summed E-state index contributed by atoms with van der Waals surface area (Å²) < 4.78 is 27.2. The van der Waals surface area contributed by atoms with E-state index in [0.29, 0.717) is 12.5 Å². The molecule has 0 radical (unpaired) electrons. The van der Waals surface area contributed by atoms with E-state index < -0.39 is 10.0 Å². The standard InChI is InChI=1S/C13H23N5O2S/c1-3-14-13-15-8-12(9-16-13)21(19,20)17-11(2)10-18-6-4-5-7-18/h8-9,11,17H,3-7,10H2,1-2H3,(H,14,15,16). The number of rotatable bonds is 7. The number of nitrogens with zero attached hydrogens (tertiary/aromatic N) is 3. The molecule has 1 atom stereocenters. The van der Waals surface area contributed by atoms with Crippen molar-refractivity contribution in [3.63, 3.8) is 0 Å². The molecule has 7 nitrogen and oxygen atoms in total. The predicted molar refractivity (Wildman–Crippen MR) is 81.7 cm³/mol. The molecule has 1 unspecified atom stereocenters. The van der Waals surface area contributed by atoms with E-state index in [-0.39, 0.29) is 10.9 Å². The smallest absolute Gasteiger partial charge is 0.243 e. The molecule has 2 rings (SSSR count). The zero-order valence-corrected chi connectivity index (χ0v) is 13.4. The number of hydrogen-bond donors (Lipinski definition) is 2. The summed E-state index contributed by atoms with van der Waals surface area (Å²) in [6.45, 7) is 7.32. The largest absolute Gasteiger partial charge is 0.355 e. The topological polar surface area (TPSA) is 87.2 Å². The van der Waals surface area contributed by atoms with E-state index in [1.807, 2.05) is 13.8 Å². The van der Waals surface area contributed by atoms with Crippen LogP contribution in [0.4, 0.5) is 5.95 Å². The third-order valence-corrected chi connectivity index (χ3v) is 4.90. The average Bonchev–Trinajstić information content (AvgIpc) is 2.92. The first-order chi connectivity index (χ1) is 10.0. The molecule has 2 heterocycles. The van der Waals surface area contributed by atoms with Crippen molar-refractivity contribution in [1.29, 1.82) is 0 Å². The molecule has 0 aliphatic carbocycles. The Hall–Kier alpha value is -1.25. The molecule has 1 saturated heterocycles. The van der Waals surface area contributed by atoms with Crippen molar-refractivity contribution in [2.75, 3.05) is 31.5 Å². The van der Waals surface area contributed by atoms with Crippen LogP contribution in [0.5, 0.6) is 0 Å². The third-order valence-electron chi connectivity index (χ3n) is 3.36. The van der Waals surface area contributed by atoms with Gasteiger partial charge in [-0.1, -0.05) is 0 Å². The van der Waals surface area contributed by atoms with Crippen molar-refractivity contribution in [3.8, 4) is 0 Å². The molecule has 0 spiro atoms. The maximum atomic E-state index is 12.3.